The van der Waals surface area contributed by atoms with Crippen LogP contribution in [0.2, 0.25) is 0 Å². The summed E-state index contributed by atoms with van der Waals surface area (Å²) in [4.78, 5) is 24.3. The van der Waals surface area contributed by atoms with E-state index < -0.39 is 0 Å². The molecule has 1 aliphatic rings. The van der Waals surface area contributed by atoms with Crippen LogP contribution in [0.15, 0.2) is 35.1 Å². The second kappa shape index (κ2) is 8.84. The molecule has 0 bridgehead atoms. The highest BCUT2D eigenvalue weighted by molar-refractivity contribution is 5.77. The summed E-state index contributed by atoms with van der Waals surface area (Å²) in [6.45, 7) is 3.90. The number of nitrogens with zero attached hydrogens (tertiary/aromatic N) is 2. The number of amides is 1. The molecule has 3 rings (SSSR count). The summed E-state index contributed by atoms with van der Waals surface area (Å²) < 4.78 is 6.83. The Balaban J connectivity index is 1.64. The maximum Gasteiger partial charge on any atom is 0.271 e. The fourth-order valence-corrected chi connectivity index (χ4v) is 3.35. The van der Waals surface area contributed by atoms with Crippen molar-refractivity contribution in [2.45, 2.75) is 58.4 Å². The van der Waals surface area contributed by atoms with Crippen LogP contribution in [-0.4, -0.2) is 28.3 Å². The fourth-order valence-electron chi connectivity index (χ4n) is 3.35. The molecule has 1 saturated carbocycles. The van der Waals surface area contributed by atoms with Crippen molar-refractivity contribution in [1.82, 2.24) is 15.1 Å². The summed E-state index contributed by atoms with van der Waals surface area (Å²) in [5.74, 6) is 0.108. The van der Waals surface area contributed by atoms with Gasteiger partial charge in [-0.3, -0.25) is 9.59 Å². The number of aryl methyl sites for hydroxylation is 2. The first-order chi connectivity index (χ1) is 13.0. The molecular formula is C21H27N3O3. The summed E-state index contributed by atoms with van der Waals surface area (Å²) in [5.41, 5.74) is 2.66. The van der Waals surface area contributed by atoms with Gasteiger partial charge in [-0.15, -0.1) is 5.10 Å². The maximum atomic E-state index is 12.2. The van der Waals surface area contributed by atoms with Gasteiger partial charge < -0.3 is 10.1 Å². The third-order valence-electron chi connectivity index (χ3n) is 5.08. The number of hydrogen-bond donors (Lipinski definition) is 1. The van der Waals surface area contributed by atoms with E-state index in [0.29, 0.717) is 5.69 Å². The minimum absolute atomic E-state index is 0.103. The van der Waals surface area contributed by atoms with E-state index in [2.05, 4.69) is 10.4 Å². The first-order valence-electron chi connectivity index (χ1n) is 9.63. The number of carbonyl (C=O) groups excluding carboxylic acids is 1. The van der Waals surface area contributed by atoms with Crippen molar-refractivity contribution in [2.24, 2.45) is 0 Å². The molecular weight excluding hydrogens is 342 g/mol. The molecule has 27 heavy (non-hydrogen) atoms. The molecule has 1 aliphatic carbocycles. The van der Waals surface area contributed by atoms with E-state index in [1.807, 2.05) is 32.0 Å². The van der Waals surface area contributed by atoms with Crippen LogP contribution in [0.3, 0.4) is 0 Å². The molecule has 6 nitrogen and oxygen atoms in total. The van der Waals surface area contributed by atoms with Gasteiger partial charge in [-0.1, -0.05) is 31.7 Å². The number of ether oxygens (including phenoxy) is 1. The number of carbonyl (C=O) groups is 1. The van der Waals surface area contributed by atoms with E-state index in [1.165, 1.54) is 29.7 Å². The number of hydrogen-bond acceptors (Lipinski definition) is 4. The molecule has 0 radical (unpaired) electrons. The summed E-state index contributed by atoms with van der Waals surface area (Å²) in [6.07, 6.45) is 6.87. The standard InChI is InChI=1S/C21H27N3O3/c1-15-9-10-18(13-16(15)2)24-21(26)12-11-20(23-24)27-14-19(25)22-17-7-5-3-4-6-8-17/h9-13,17H,3-8,14H2,1-2H3,(H,22,25). The molecule has 1 fully saturated rings. The van der Waals surface area contributed by atoms with E-state index in [0.717, 1.165) is 36.8 Å². The van der Waals surface area contributed by atoms with Gasteiger partial charge in [-0.2, -0.15) is 4.68 Å². The van der Waals surface area contributed by atoms with Crippen molar-refractivity contribution in [1.29, 1.82) is 0 Å². The third kappa shape index (κ3) is 5.18. The van der Waals surface area contributed by atoms with E-state index in [1.54, 1.807) is 0 Å². The van der Waals surface area contributed by atoms with Gasteiger partial charge in [0.05, 0.1) is 5.69 Å². The molecule has 0 unspecified atom stereocenters. The zero-order valence-electron chi connectivity index (χ0n) is 16.0. The molecule has 0 saturated heterocycles. The minimum atomic E-state index is -0.242. The first kappa shape index (κ1) is 19.1. The molecule has 1 amide bonds. The number of rotatable bonds is 5. The summed E-state index contributed by atoms with van der Waals surface area (Å²) in [6, 6.07) is 8.85. The van der Waals surface area contributed by atoms with E-state index in [9.17, 15) is 9.59 Å². The van der Waals surface area contributed by atoms with Gasteiger partial charge in [0.2, 0.25) is 5.88 Å². The molecule has 0 aliphatic heterocycles. The lowest BCUT2D eigenvalue weighted by Gasteiger charge is -2.16. The van der Waals surface area contributed by atoms with E-state index >= 15 is 0 Å². The maximum absolute atomic E-state index is 12.2. The van der Waals surface area contributed by atoms with Crippen molar-refractivity contribution in [2.75, 3.05) is 6.61 Å². The Labute approximate surface area is 159 Å². The van der Waals surface area contributed by atoms with Crippen LogP contribution < -0.4 is 15.6 Å². The van der Waals surface area contributed by atoms with Crippen molar-refractivity contribution in [3.8, 4) is 11.6 Å². The Hall–Kier alpha value is -2.63. The Morgan fingerprint density at radius 1 is 1.11 bits per heavy atom. The topological polar surface area (TPSA) is 73.2 Å². The number of nitrogens with one attached hydrogen (secondary N) is 1. The average molecular weight is 369 g/mol. The Kier molecular flexibility index (Phi) is 6.27. The second-order valence-corrected chi connectivity index (χ2v) is 7.23. The van der Waals surface area contributed by atoms with Gasteiger partial charge in [0.1, 0.15) is 0 Å². The van der Waals surface area contributed by atoms with Gasteiger partial charge in [-0.25, -0.2) is 0 Å². The summed E-state index contributed by atoms with van der Waals surface area (Å²) >= 11 is 0. The number of benzene rings is 1. The van der Waals surface area contributed by atoms with Gasteiger partial charge >= 0.3 is 0 Å². The summed E-state index contributed by atoms with van der Waals surface area (Å²) in [7, 11) is 0. The molecule has 0 atom stereocenters. The monoisotopic (exact) mass is 369 g/mol. The quantitative estimate of drug-likeness (QED) is 0.822. The van der Waals surface area contributed by atoms with Crippen molar-refractivity contribution in [3.05, 3.63) is 51.8 Å². The van der Waals surface area contributed by atoms with Crippen LogP contribution in [0.1, 0.15) is 49.7 Å². The van der Waals surface area contributed by atoms with Gasteiger partial charge in [-0.05, 0) is 49.9 Å². The van der Waals surface area contributed by atoms with Gasteiger partial charge in [0.15, 0.2) is 6.61 Å². The predicted octanol–water partition coefficient (Wildman–Crippen LogP) is 3.07. The van der Waals surface area contributed by atoms with Crippen molar-refractivity contribution < 1.29 is 9.53 Å². The molecule has 2 aromatic rings. The molecule has 144 valence electrons. The summed E-state index contributed by atoms with van der Waals surface area (Å²) in [5, 5.41) is 7.29. The lowest BCUT2D eigenvalue weighted by atomic mass is 10.1. The van der Waals surface area contributed by atoms with Gasteiger partial charge in [0.25, 0.3) is 11.5 Å². The Bertz CT molecular complexity index is 852. The Morgan fingerprint density at radius 2 is 1.85 bits per heavy atom. The zero-order valence-corrected chi connectivity index (χ0v) is 16.0. The van der Waals surface area contributed by atoms with Crippen LogP contribution in [-0.2, 0) is 4.79 Å². The molecule has 1 heterocycles. The minimum Gasteiger partial charge on any atom is -0.467 e. The highest BCUT2D eigenvalue weighted by Crippen LogP contribution is 2.17. The van der Waals surface area contributed by atoms with E-state index in [-0.39, 0.29) is 30.0 Å². The molecule has 1 aromatic heterocycles. The van der Waals surface area contributed by atoms with Crippen LogP contribution in [0.4, 0.5) is 0 Å². The lowest BCUT2D eigenvalue weighted by Crippen LogP contribution is -2.37. The van der Waals surface area contributed by atoms with E-state index in [4.69, 9.17) is 4.74 Å². The lowest BCUT2D eigenvalue weighted by molar-refractivity contribution is -0.124. The fraction of sp³-hybridized carbons (Fsp3) is 0.476. The zero-order chi connectivity index (χ0) is 19.2. The third-order valence-corrected chi connectivity index (χ3v) is 5.08. The largest absolute Gasteiger partial charge is 0.467 e. The number of aromatic nitrogens is 2. The van der Waals surface area contributed by atoms with Crippen LogP contribution >= 0.6 is 0 Å². The highest BCUT2D eigenvalue weighted by atomic mass is 16.5. The smallest absolute Gasteiger partial charge is 0.271 e. The first-order valence-corrected chi connectivity index (χ1v) is 9.63. The molecule has 1 N–H and O–H groups in total. The SMILES string of the molecule is Cc1ccc(-n2nc(OCC(=O)NC3CCCCCC3)ccc2=O)cc1C. The predicted molar refractivity (Wildman–Crippen MR) is 104 cm³/mol. The molecule has 6 heteroatoms. The van der Waals surface area contributed by atoms with Crippen molar-refractivity contribution in [3.63, 3.8) is 0 Å². The normalized spacial score (nSPS) is 15.2. The highest BCUT2D eigenvalue weighted by Gasteiger charge is 2.15. The molecule has 1 aromatic carbocycles. The van der Waals surface area contributed by atoms with Crippen molar-refractivity contribution >= 4 is 5.91 Å². The van der Waals surface area contributed by atoms with Crippen LogP contribution in [0.25, 0.3) is 5.69 Å². The van der Waals surface area contributed by atoms with Crippen LogP contribution in [0, 0.1) is 13.8 Å². The average Bonchev–Trinajstić information content (AvgIpc) is 2.92. The van der Waals surface area contributed by atoms with Crippen LogP contribution in [0.5, 0.6) is 5.88 Å². The Morgan fingerprint density at radius 3 is 2.56 bits per heavy atom. The molecule has 0 spiro atoms. The second-order valence-electron chi connectivity index (χ2n) is 7.23. The van der Waals surface area contributed by atoms with Gasteiger partial charge in [0, 0.05) is 18.2 Å².